The Morgan fingerprint density at radius 1 is 1.21 bits per heavy atom. The first-order valence-corrected chi connectivity index (χ1v) is 7.50. The number of aryl methyl sites for hydroxylation is 3. The Hall–Kier alpha value is -0.860. The molecule has 1 aliphatic heterocycles. The molecular weight excluding hydrogens is 232 g/mol. The Morgan fingerprint density at radius 2 is 1.84 bits per heavy atom. The van der Waals surface area contributed by atoms with E-state index in [1.165, 1.54) is 28.8 Å². The van der Waals surface area contributed by atoms with E-state index in [2.05, 4.69) is 57.0 Å². The average molecular weight is 260 g/mol. The molecule has 106 valence electrons. The normalized spacial score (nSPS) is 21.1. The number of rotatable bonds is 3. The van der Waals surface area contributed by atoms with E-state index in [0.717, 1.165) is 19.6 Å². The summed E-state index contributed by atoms with van der Waals surface area (Å²) in [6.07, 6.45) is 0. The maximum Gasteiger partial charge on any atom is 0.0240 e. The van der Waals surface area contributed by atoms with Crippen molar-refractivity contribution in [2.24, 2.45) is 5.92 Å². The number of nitrogens with one attached hydrogen (secondary N) is 1. The Kier molecular flexibility index (Phi) is 4.64. The molecule has 1 aliphatic rings. The van der Waals surface area contributed by atoms with E-state index in [-0.39, 0.29) is 0 Å². The third-order valence-corrected chi connectivity index (χ3v) is 4.32. The van der Waals surface area contributed by atoms with Crippen LogP contribution >= 0.6 is 0 Å². The molecule has 0 saturated carbocycles. The van der Waals surface area contributed by atoms with Gasteiger partial charge < -0.3 is 5.32 Å². The highest BCUT2D eigenvalue weighted by Crippen LogP contribution is 2.19. The average Bonchev–Trinajstić information content (AvgIpc) is 2.34. The Bertz CT molecular complexity index is 414. The van der Waals surface area contributed by atoms with E-state index in [1.54, 1.807) is 0 Å². The van der Waals surface area contributed by atoms with Crippen LogP contribution in [0, 0.1) is 26.7 Å². The van der Waals surface area contributed by atoms with Gasteiger partial charge in [0.15, 0.2) is 0 Å². The minimum absolute atomic E-state index is 0.639. The quantitative estimate of drug-likeness (QED) is 0.898. The molecule has 1 heterocycles. The van der Waals surface area contributed by atoms with E-state index in [9.17, 15) is 0 Å². The molecular formula is C17H28N2. The molecule has 1 atom stereocenters. The lowest BCUT2D eigenvalue weighted by molar-refractivity contribution is 0.168. The van der Waals surface area contributed by atoms with Crippen LogP contribution in [0.5, 0.6) is 0 Å². The zero-order valence-corrected chi connectivity index (χ0v) is 13.1. The van der Waals surface area contributed by atoms with Crippen molar-refractivity contribution < 1.29 is 0 Å². The first-order chi connectivity index (χ1) is 8.97. The molecule has 1 saturated heterocycles. The van der Waals surface area contributed by atoms with Crippen LogP contribution in [0.4, 0.5) is 0 Å². The van der Waals surface area contributed by atoms with Crippen molar-refractivity contribution in [1.29, 1.82) is 0 Å². The second-order valence-electron chi connectivity index (χ2n) is 6.42. The van der Waals surface area contributed by atoms with E-state index >= 15 is 0 Å². The summed E-state index contributed by atoms with van der Waals surface area (Å²) < 4.78 is 0. The maximum absolute atomic E-state index is 3.63. The van der Waals surface area contributed by atoms with Gasteiger partial charge in [-0.15, -0.1) is 0 Å². The van der Waals surface area contributed by atoms with Crippen LogP contribution in [0.1, 0.15) is 36.1 Å². The summed E-state index contributed by atoms with van der Waals surface area (Å²) >= 11 is 0. The SMILES string of the molecule is Cc1cc(C)c(CN2CCNC(C(C)C)C2)c(C)c1. The first kappa shape index (κ1) is 14.5. The van der Waals surface area contributed by atoms with Crippen LogP contribution in [0.3, 0.4) is 0 Å². The molecule has 0 amide bonds. The second kappa shape index (κ2) is 6.06. The highest BCUT2D eigenvalue weighted by molar-refractivity contribution is 5.37. The number of benzene rings is 1. The minimum atomic E-state index is 0.639. The van der Waals surface area contributed by atoms with Crippen LogP contribution in [-0.2, 0) is 6.54 Å². The van der Waals surface area contributed by atoms with E-state index in [4.69, 9.17) is 0 Å². The molecule has 0 aromatic heterocycles. The van der Waals surface area contributed by atoms with Gasteiger partial charge in [0, 0.05) is 32.2 Å². The van der Waals surface area contributed by atoms with Gasteiger partial charge >= 0.3 is 0 Å². The van der Waals surface area contributed by atoms with Crippen molar-refractivity contribution in [2.75, 3.05) is 19.6 Å². The van der Waals surface area contributed by atoms with Crippen molar-refractivity contribution in [3.63, 3.8) is 0 Å². The Balaban J connectivity index is 2.09. The summed E-state index contributed by atoms with van der Waals surface area (Å²) in [5.74, 6) is 0.711. The van der Waals surface area contributed by atoms with E-state index < -0.39 is 0 Å². The van der Waals surface area contributed by atoms with Crippen molar-refractivity contribution in [3.8, 4) is 0 Å². The summed E-state index contributed by atoms with van der Waals surface area (Å²) in [6, 6.07) is 5.26. The summed E-state index contributed by atoms with van der Waals surface area (Å²) in [5, 5.41) is 3.63. The molecule has 1 aromatic rings. The van der Waals surface area contributed by atoms with Crippen molar-refractivity contribution in [3.05, 3.63) is 34.4 Å². The largest absolute Gasteiger partial charge is 0.311 e. The number of hydrogen-bond acceptors (Lipinski definition) is 2. The number of hydrogen-bond donors (Lipinski definition) is 1. The molecule has 0 aliphatic carbocycles. The molecule has 2 nitrogen and oxygen atoms in total. The second-order valence-corrected chi connectivity index (χ2v) is 6.42. The Morgan fingerprint density at radius 3 is 2.42 bits per heavy atom. The molecule has 2 heteroatoms. The lowest BCUT2D eigenvalue weighted by Crippen LogP contribution is -2.52. The van der Waals surface area contributed by atoms with Crippen LogP contribution in [0.25, 0.3) is 0 Å². The highest BCUT2D eigenvalue weighted by Gasteiger charge is 2.22. The van der Waals surface area contributed by atoms with Crippen LogP contribution in [0.15, 0.2) is 12.1 Å². The Labute approximate surface area is 118 Å². The summed E-state index contributed by atoms with van der Waals surface area (Å²) in [6.45, 7) is 15.8. The fraction of sp³-hybridized carbons (Fsp3) is 0.647. The van der Waals surface area contributed by atoms with Gasteiger partial charge in [0.25, 0.3) is 0 Å². The van der Waals surface area contributed by atoms with Crippen molar-refractivity contribution in [1.82, 2.24) is 10.2 Å². The summed E-state index contributed by atoms with van der Waals surface area (Å²) in [7, 11) is 0. The fourth-order valence-electron chi connectivity index (χ4n) is 3.12. The highest BCUT2D eigenvalue weighted by atomic mass is 15.2. The molecule has 0 bridgehead atoms. The van der Waals surface area contributed by atoms with Gasteiger partial charge in [-0.2, -0.15) is 0 Å². The van der Waals surface area contributed by atoms with E-state index in [0.29, 0.717) is 12.0 Å². The van der Waals surface area contributed by atoms with Crippen molar-refractivity contribution in [2.45, 2.75) is 47.2 Å². The van der Waals surface area contributed by atoms with Crippen LogP contribution < -0.4 is 5.32 Å². The van der Waals surface area contributed by atoms with Crippen molar-refractivity contribution >= 4 is 0 Å². The van der Waals surface area contributed by atoms with Crippen LogP contribution in [0.2, 0.25) is 0 Å². The lowest BCUT2D eigenvalue weighted by Gasteiger charge is -2.36. The number of nitrogens with zero attached hydrogens (tertiary/aromatic N) is 1. The third kappa shape index (κ3) is 3.58. The van der Waals surface area contributed by atoms with Gasteiger partial charge in [-0.3, -0.25) is 4.90 Å². The van der Waals surface area contributed by atoms with Gasteiger partial charge in [-0.05, 0) is 43.4 Å². The summed E-state index contributed by atoms with van der Waals surface area (Å²) in [4.78, 5) is 2.60. The van der Waals surface area contributed by atoms with Gasteiger partial charge in [-0.25, -0.2) is 0 Å². The molecule has 1 unspecified atom stereocenters. The summed E-state index contributed by atoms with van der Waals surface area (Å²) in [5.41, 5.74) is 5.78. The van der Waals surface area contributed by atoms with Gasteiger partial charge in [0.05, 0.1) is 0 Å². The molecule has 0 spiro atoms. The predicted octanol–water partition coefficient (Wildman–Crippen LogP) is 3.04. The molecule has 2 rings (SSSR count). The zero-order valence-electron chi connectivity index (χ0n) is 13.1. The van der Waals surface area contributed by atoms with Crippen LogP contribution in [-0.4, -0.2) is 30.6 Å². The maximum atomic E-state index is 3.63. The van der Waals surface area contributed by atoms with Gasteiger partial charge in [0.2, 0.25) is 0 Å². The molecule has 0 radical (unpaired) electrons. The standard InChI is InChI=1S/C17H28N2/c1-12(2)17-11-19(7-6-18-17)10-16-14(4)8-13(3)9-15(16)5/h8-9,12,17-18H,6-7,10-11H2,1-5H3. The molecule has 19 heavy (non-hydrogen) atoms. The zero-order chi connectivity index (χ0) is 14.0. The van der Waals surface area contributed by atoms with Gasteiger partial charge in [0.1, 0.15) is 0 Å². The minimum Gasteiger partial charge on any atom is -0.311 e. The smallest absolute Gasteiger partial charge is 0.0240 e. The molecule has 1 aromatic carbocycles. The first-order valence-electron chi connectivity index (χ1n) is 7.50. The predicted molar refractivity (Wildman–Crippen MR) is 82.6 cm³/mol. The van der Waals surface area contributed by atoms with Gasteiger partial charge in [-0.1, -0.05) is 31.5 Å². The molecule has 1 N–H and O–H groups in total. The topological polar surface area (TPSA) is 15.3 Å². The monoisotopic (exact) mass is 260 g/mol. The fourth-order valence-corrected chi connectivity index (χ4v) is 3.12. The lowest BCUT2D eigenvalue weighted by atomic mass is 9.97. The number of piperazine rings is 1. The van der Waals surface area contributed by atoms with E-state index in [1.807, 2.05) is 0 Å². The molecule has 1 fully saturated rings. The third-order valence-electron chi connectivity index (χ3n) is 4.32.